The Labute approximate surface area is 194 Å². The van der Waals surface area contributed by atoms with Crippen LogP contribution in [0.5, 0.6) is 0 Å². The Morgan fingerprint density at radius 2 is 1.97 bits per heavy atom. The zero-order chi connectivity index (χ0) is 27.5. The lowest BCUT2D eigenvalue weighted by atomic mass is 9.97. The Morgan fingerprint density at radius 3 is 2.69 bits per heavy atom. The molecule has 2 aliphatic rings. The van der Waals surface area contributed by atoms with Crippen LogP contribution in [0.15, 0.2) is 42.5 Å². The standard InChI is InChI=1S/C23H19ClF2N2O4/c24-16-5-3-15(4-6-16)23(25,26)19(29)9-2-13-1-7-17-14(11-13)12-28(22(17)32)18-8-10-20(30)27-21(18)31/h1,3-7,11,18H,2,8-10,12H2,(H,27,30,31)/t18-/m1/s1/i2D,8D,10D2,18D/t2?,8?,18-. The molecule has 0 aliphatic carbocycles. The Hall–Kier alpha value is -3.13. The van der Waals surface area contributed by atoms with Crippen LogP contribution in [0, 0.1) is 0 Å². The van der Waals surface area contributed by atoms with Crippen molar-refractivity contribution in [3.8, 4) is 0 Å². The number of amides is 3. The topological polar surface area (TPSA) is 83.6 Å². The summed E-state index contributed by atoms with van der Waals surface area (Å²) in [7, 11) is 0. The highest BCUT2D eigenvalue weighted by Gasteiger charge is 2.41. The minimum absolute atomic E-state index is 0.00198. The van der Waals surface area contributed by atoms with Crippen molar-refractivity contribution in [2.24, 2.45) is 0 Å². The Morgan fingerprint density at radius 1 is 1.25 bits per heavy atom. The monoisotopic (exact) mass is 465 g/mol. The molecule has 0 bridgehead atoms. The lowest BCUT2D eigenvalue weighted by Crippen LogP contribution is -2.52. The molecule has 1 fully saturated rings. The number of halogens is 3. The van der Waals surface area contributed by atoms with Crippen LogP contribution in [-0.2, 0) is 33.2 Å². The molecular formula is C23H19ClF2N2O4. The van der Waals surface area contributed by atoms with E-state index in [2.05, 4.69) is 0 Å². The minimum Gasteiger partial charge on any atom is -0.322 e. The van der Waals surface area contributed by atoms with Crippen LogP contribution >= 0.6 is 11.6 Å². The molecule has 0 spiro atoms. The highest BCUT2D eigenvalue weighted by atomic mass is 35.5. The van der Waals surface area contributed by atoms with E-state index in [4.69, 9.17) is 18.5 Å². The van der Waals surface area contributed by atoms with Gasteiger partial charge in [0.1, 0.15) is 6.02 Å². The second-order valence-electron chi connectivity index (χ2n) is 7.18. The molecule has 2 aromatic rings. The van der Waals surface area contributed by atoms with Gasteiger partial charge in [0, 0.05) is 41.0 Å². The first-order valence-corrected chi connectivity index (χ1v) is 9.82. The lowest BCUT2D eigenvalue weighted by Gasteiger charge is -2.29. The Balaban J connectivity index is 1.56. The van der Waals surface area contributed by atoms with Crippen LogP contribution in [-0.4, -0.2) is 34.4 Å². The third-order valence-electron chi connectivity index (χ3n) is 5.10. The molecule has 1 N–H and O–H groups in total. The Bertz CT molecular complexity index is 1330. The van der Waals surface area contributed by atoms with Crippen molar-refractivity contribution in [1.82, 2.24) is 10.2 Å². The van der Waals surface area contributed by atoms with Gasteiger partial charge in [-0.05, 0) is 42.1 Å². The number of aryl methyl sites for hydroxylation is 1. The van der Waals surface area contributed by atoms with Gasteiger partial charge in [0.25, 0.3) is 5.91 Å². The molecule has 166 valence electrons. The molecule has 0 aromatic heterocycles. The van der Waals surface area contributed by atoms with E-state index in [0.717, 1.165) is 12.1 Å². The molecule has 1 saturated heterocycles. The molecule has 3 amide bonds. The maximum absolute atomic E-state index is 14.6. The zero-order valence-corrected chi connectivity index (χ0v) is 17.1. The van der Waals surface area contributed by atoms with Gasteiger partial charge in [-0.15, -0.1) is 0 Å². The van der Waals surface area contributed by atoms with E-state index in [0.29, 0.717) is 4.90 Å². The third kappa shape index (κ3) is 4.14. The lowest BCUT2D eigenvalue weighted by molar-refractivity contribution is -0.144. The molecule has 6 nitrogen and oxygen atoms in total. The van der Waals surface area contributed by atoms with E-state index in [1.807, 2.05) is 0 Å². The molecule has 2 aromatic carbocycles. The fourth-order valence-electron chi connectivity index (χ4n) is 3.42. The quantitative estimate of drug-likeness (QED) is 0.663. The number of carbonyl (C=O) groups excluding carboxylic acids is 4. The van der Waals surface area contributed by atoms with Crippen LogP contribution in [0.2, 0.25) is 5.02 Å². The number of piperidine rings is 1. The number of rotatable bonds is 6. The first-order valence-electron chi connectivity index (χ1n) is 12.1. The van der Waals surface area contributed by atoms with Gasteiger partial charge in [0.15, 0.2) is 0 Å². The highest BCUT2D eigenvalue weighted by molar-refractivity contribution is 6.30. The number of benzene rings is 2. The third-order valence-corrected chi connectivity index (χ3v) is 5.36. The first kappa shape index (κ1) is 16.5. The summed E-state index contributed by atoms with van der Waals surface area (Å²) in [5, 5.41) is 1.91. The van der Waals surface area contributed by atoms with E-state index in [-0.39, 0.29) is 21.7 Å². The van der Waals surface area contributed by atoms with Crippen molar-refractivity contribution >= 4 is 35.1 Å². The van der Waals surface area contributed by atoms with Crippen molar-refractivity contribution in [1.29, 1.82) is 0 Å². The van der Waals surface area contributed by atoms with E-state index >= 15 is 0 Å². The smallest absolute Gasteiger partial charge is 0.322 e. The maximum atomic E-state index is 14.6. The summed E-state index contributed by atoms with van der Waals surface area (Å²) in [5.74, 6) is -8.95. The number of hydrogen-bond donors (Lipinski definition) is 1. The largest absolute Gasteiger partial charge is 0.330 e. The van der Waals surface area contributed by atoms with Crippen LogP contribution in [0.4, 0.5) is 8.78 Å². The summed E-state index contributed by atoms with van der Waals surface area (Å²) in [6, 6.07) is 5.53. The molecule has 9 heteroatoms. The van der Waals surface area contributed by atoms with Crippen LogP contribution in [0.3, 0.4) is 0 Å². The summed E-state index contributed by atoms with van der Waals surface area (Å²) in [6.45, 7) is -0.430. The number of nitrogens with zero attached hydrogens (tertiary/aromatic N) is 1. The first-order chi connectivity index (χ1) is 17.1. The summed E-state index contributed by atoms with van der Waals surface area (Å²) in [5.41, 5.74) is -0.258. The van der Waals surface area contributed by atoms with Gasteiger partial charge in [-0.3, -0.25) is 24.5 Å². The van der Waals surface area contributed by atoms with Crippen molar-refractivity contribution < 1.29 is 34.8 Å². The minimum atomic E-state index is -3.86. The predicted molar refractivity (Wildman–Crippen MR) is 111 cm³/mol. The average Bonchev–Trinajstić information content (AvgIpc) is 3.18. The fourth-order valence-corrected chi connectivity index (χ4v) is 3.55. The van der Waals surface area contributed by atoms with Crippen LogP contribution in [0.25, 0.3) is 0 Å². The summed E-state index contributed by atoms with van der Waals surface area (Å²) in [4.78, 5) is 50.3. The molecule has 2 unspecified atom stereocenters. The van der Waals surface area contributed by atoms with Crippen molar-refractivity contribution in [2.75, 3.05) is 0 Å². The summed E-state index contributed by atoms with van der Waals surface area (Å²) < 4.78 is 69.7. The van der Waals surface area contributed by atoms with Gasteiger partial charge < -0.3 is 4.90 Å². The predicted octanol–water partition coefficient (Wildman–Crippen LogP) is 3.39. The number of Topliss-reactive ketones (excluding diaryl/α,β-unsaturated/α-hetero) is 1. The fraction of sp³-hybridized carbons (Fsp3) is 0.304. The number of carbonyl (C=O) groups is 4. The SMILES string of the molecule is [2H]C(CC(=O)C(F)(F)c1ccc(Cl)cc1)c1ccc2c(c1)CN([C@@]1([2H])C(=O)NC(=O)C([2H])([2H])C1[2H])C2=O. The molecule has 32 heavy (non-hydrogen) atoms. The van der Waals surface area contributed by atoms with Gasteiger partial charge in [-0.2, -0.15) is 8.78 Å². The average molecular weight is 466 g/mol. The molecule has 0 radical (unpaired) electrons. The van der Waals surface area contributed by atoms with Crippen molar-refractivity contribution in [2.45, 2.75) is 44.1 Å². The molecule has 4 rings (SSSR count). The number of alkyl halides is 2. The number of imide groups is 1. The molecular weight excluding hydrogens is 442 g/mol. The number of fused-ring (bicyclic) bond motifs is 1. The van der Waals surface area contributed by atoms with Gasteiger partial charge >= 0.3 is 5.92 Å². The van der Waals surface area contributed by atoms with Crippen molar-refractivity contribution in [3.63, 3.8) is 0 Å². The van der Waals surface area contributed by atoms with Crippen LogP contribution in [0.1, 0.15) is 53.1 Å². The van der Waals surface area contributed by atoms with Crippen molar-refractivity contribution in [3.05, 3.63) is 69.7 Å². The van der Waals surface area contributed by atoms with Gasteiger partial charge in [-0.25, -0.2) is 0 Å². The summed E-state index contributed by atoms with van der Waals surface area (Å²) in [6.07, 6.45) is -7.47. The second kappa shape index (κ2) is 8.43. The van der Waals surface area contributed by atoms with Gasteiger partial charge in [-0.1, -0.05) is 35.9 Å². The van der Waals surface area contributed by atoms with Crippen LogP contribution < -0.4 is 5.32 Å². The number of nitrogens with one attached hydrogen (secondary N) is 1. The molecule has 2 aliphatic heterocycles. The number of ketones is 1. The van der Waals surface area contributed by atoms with E-state index < -0.39 is 73.1 Å². The Kier molecular flexibility index (Phi) is 4.34. The molecule has 3 atom stereocenters. The van der Waals surface area contributed by atoms with Gasteiger partial charge in [0.2, 0.25) is 17.6 Å². The summed E-state index contributed by atoms with van der Waals surface area (Å²) >= 11 is 5.70. The number of hydrogen-bond acceptors (Lipinski definition) is 4. The molecule has 2 heterocycles. The maximum Gasteiger partial charge on any atom is 0.330 e. The van der Waals surface area contributed by atoms with E-state index in [1.165, 1.54) is 30.3 Å². The second-order valence-corrected chi connectivity index (χ2v) is 7.61. The van der Waals surface area contributed by atoms with Gasteiger partial charge in [0.05, 0.1) is 1.37 Å². The van der Waals surface area contributed by atoms with E-state index in [9.17, 15) is 28.0 Å². The normalized spacial score (nSPS) is 28.0. The highest BCUT2D eigenvalue weighted by Crippen LogP contribution is 2.32. The van der Waals surface area contributed by atoms with E-state index in [1.54, 1.807) is 5.32 Å². The zero-order valence-electron chi connectivity index (χ0n) is 21.3. The molecule has 0 saturated carbocycles.